The minimum Gasteiger partial charge on any atom is -0.335 e. The number of carbonyl (C=O) groups is 2. The molecule has 0 bridgehead atoms. The van der Waals surface area contributed by atoms with Gasteiger partial charge in [0.25, 0.3) is 5.91 Å². The summed E-state index contributed by atoms with van der Waals surface area (Å²) in [5.74, 6) is -0.155. The van der Waals surface area contributed by atoms with Crippen LogP contribution in [0.5, 0.6) is 0 Å². The number of likely N-dealkylation sites (tertiary alicyclic amines) is 1. The lowest BCUT2D eigenvalue weighted by molar-refractivity contribution is -0.879. The molecule has 2 fully saturated rings. The molecule has 1 aliphatic heterocycles. The lowest BCUT2D eigenvalue weighted by atomic mass is 10.2. The van der Waals surface area contributed by atoms with Crippen LogP contribution in [0.15, 0.2) is 0 Å². The minimum absolute atomic E-state index is 0.155. The summed E-state index contributed by atoms with van der Waals surface area (Å²) in [6.07, 6.45) is 6.82. The Bertz CT molecular complexity index is 253. The molecule has 3 N–H and O–H groups in total. The van der Waals surface area contributed by atoms with E-state index in [2.05, 4.69) is 10.6 Å². The molecular weight excluding hydrogens is 218 g/mol. The van der Waals surface area contributed by atoms with Crippen LogP contribution in [0.2, 0.25) is 0 Å². The summed E-state index contributed by atoms with van der Waals surface area (Å²) in [7, 11) is 0. The van der Waals surface area contributed by atoms with Crippen molar-refractivity contribution in [1.82, 2.24) is 10.6 Å². The van der Waals surface area contributed by atoms with Gasteiger partial charge in [0.05, 0.1) is 13.1 Å². The first-order valence-corrected chi connectivity index (χ1v) is 6.68. The number of carbonyl (C=O) groups excluding carboxylic acids is 2. The van der Waals surface area contributed by atoms with Crippen LogP contribution in [0.3, 0.4) is 0 Å². The summed E-state index contributed by atoms with van der Waals surface area (Å²) < 4.78 is 0. The highest BCUT2D eigenvalue weighted by Gasteiger charge is 2.21. The Hall–Kier alpha value is -1.10. The summed E-state index contributed by atoms with van der Waals surface area (Å²) in [6.45, 7) is 2.54. The second-order valence-corrected chi connectivity index (χ2v) is 5.14. The van der Waals surface area contributed by atoms with Crippen molar-refractivity contribution in [2.45, 2.75) is 44.6 Å². The van der Waals surface area contributed by atoms with Gasteiger partial charge in [-0.25, -0.2) is 4.79 Å². The molecule has 0 aromatic rings. The highest BCUT2D eigenvalue weighted by molar-refractivity contribution is 5.94. The number of urea groups is 1. The maximum absolute atomic E-state index is 11.6. The average molecular weight is 240 g/mol. The number of nitrogens with one attached hydrogen (secondary N) is 3. The van der Waals surface area contributed by atoms with Gasteiger partial charge in [-0.05, 0) is 12.8 Å². The number of hydrogen-bond acceptors (Lipinski definition) is 2. The van der Waals surface area contributed by atoms with Crippen molar-refractivity contribution >= 4 is 11.9 Å². The first-order valence-electron chi connectivity index (χ1n) is 6.68. The van der Waals surface area contributed by atoms with Gasteiger partial charge in [-0.3, -0.25) is 10.1 Å². The van der Waals surface area contributed by atoms with E-state index in [1.165, 1.54) is 30.6 Å². The summed E-state index contributed by atoms with van der Waals surface area (Å²) >= 11 is 0. The highest BCUT2D eigenvalue weighted by atomic mass is 16.2. The van der Waals surface area contributed by atoms with Gasteiger partial charge < -0.3 is 10.2 Å². The number of amides is 3. The Kier molecular flexibility index (Phi) is 4.36. The van der Waals surface area contributed by atoms with Crippen LogP contribution in [-0.2, 0) is 4.79 Å². The van der Waals surface area contributed by atoms with Crippen molar-refractivity contribution in [3.63, 3.8) is 0 Å². The smallest absolute Gasteiger partial charge is 0.321 e. The maximum Gasteiger partial charge on any atom is 0.321 e. The van der Waals surface area contributed by atoms with E-state index in [1.54, 1.807) is 0 Å². The van der Waals surface area contributed by atoms with E-state index >= 15 is 0 Å². The predicted molar refractivity (Wildman–Crippen MR) is 63.7 cm³/mol. The molecule has 0 radical (unpaired) electrons. The van der Waals surface area contributed by atoms with Gasteiger partial charge in [0.15, 0.2) is 6.54 Å². The van der Waals surface area contributed by atoms with Gasteiger partial charge in [-0.15, -0.1) is 0 Å². The number of rotatable bonds is 3. The van der Waals surface area contributed by atoms with Gasteiger partial charge in [-0.2, -0.15) is 0 Å². The molecule has 96 valence electrons. The first kappa shape index (κ1) is 12.4. The fourth-order valence-corrected chi connectivity index (χ4v) is 2.74. The van der Waals surface area contributed by atoms with Crippen molar-refractivity contribution in [3.8, 4) is 0 Å². The van der Waals surface area contributed by atoms with Crippen molar-refractivity contribution in [3.05, 3.63) is 0 Å². The summed E-state index contributed by atoms with van der Waals surface area (Å²) in [6, 6.07) is -0.0533. The zero-order valence-electron chi connectivity index (χ0n) is 10.3. The molecule has 0 spiro atoms. The normalized spacial score (nSPS) is 21.6. The molecule has 2 aliphatic rings. The predicted octanol–water partition coefficient (Wildman–Crippen LogP) is -0.566. The Balaban J connectivity index is 1.64. The standard InChI is InChI=1S/C12H21N3O2/c16-11(9-15-7-3-4-8-15)14-12(17)13-10-5-1-2-6-10/h10H,1-9H2,(H2,13,14,16,17)/p+1. The summed E-state index contributed by atoms with van der Waals surface area (Å²) in [4.78, 5) is 24.4. The van der Waals surface area contributed by atoms with Gasteiger partial charge >= 0.3 is 6.03 Å². The Morgan fingerprint density at radius 3 is 2.35 bits per heavy atom. The molecule has 0 unspecified atom stereocenters. The second-order valence-electron chi connectivity index (χ2n) is 5.14. The van der Waals surface area contributed by atoms with E-state index in [9.17, 15) is 9.59 Å². The van der Waals surface area contributed by atoms with Crippen molar-refractivity contribution in [1.29, 1.82) is 0 Å². The second kappa shape index (κ2) is 6.00. The molecule has 3 amide bonds. The number of hydrogen-bond donors (Lipinski definition) is 3. The number of imide groups is 1. The average Bonchev–Trinajstić information content (AvgIpc) is 2.90. The monoisotopic (exact) mass is 240 g/mol. The topological polar surface area (TPSA) is 62.6 Å². The van der Waals surface area contributed by atoms with Crippen LogP contribution >= 0.6 is 0 Å². The fraction of sp³-hybridized carbons (Fsp3) is 0.833. The fourth-order valence-electron chi connectivity index (χ4n) is 2.74. The Morgan fingerprint density at radius 1 is 1.06 bits per heavy atom. The van der Waals surface area contributed by atoms with Crippen molar-refractivity contribution in [2.75, 3.05) is 19.6 Å². The number of quaternary nitrogens is 1. The quantitative estimate of drug-likeness (QED) is 0.619. The lowest BCUT2D eigenvalue weighted by Crippen LogP contribution is -3.11. The zero-order chi connectivity index (χ0) is 12.1. The van der Waals surface area contributed by atoms with E-state index in [0.717, 1.165) is 25.9 Å². The van der Waals surface area contributed by atoms with Crippen LogP contribution in [0, 0.1) is 0 Å². The molecule has 1 aliphatic carbocycles. The molecular formula is C12H22N3O2+. The van der Waals surface area contributed by atoms with E-state index in [4.69, 9.17) is 0 Å². The van der Waals surface area contributed by atoms with Crippen molar-refractivity contribution < 1.29 is 14.5 Å². The molecule has 17 heavy (non-hydrogen) atoms. The molecule has 1 saturated carbocycles. The van der Waals surface area contributed by atoms with Crippen LogP contribution < -0.4 is 15.5 Å². The van der Waals surface area contributed by atoms with E-state index in [1.807, 2.05) is 0 Å². The van der Waals surface area contributed by atoms with Gasteiger partial charge in [0, 0.05) is 18.9 Å². The van der Waals surface area contributed by atoms with Gasteiger partial charge in [0.2, 0.25) is 0 Å². The molecule has 0 aromatic heterocycles. The molecule has 0 aromatic carbocycles. The molecule has 5 heteroatoms. The van der Waals surface area contributed by atoms with E-state index in [-0.39, 0.29) is 18.0 Å². The molecule has 0 atom stereocenters. The minimum atomic E-state index is -0.319. The third-order valence-electron chi connectivity index (χ3n) is 3.66. The molecule has 2 rings (SSSR count). The van der Waals surface area contributed by atoms with Crippen LogP contribution in [-0.4, -0.2) is 37.6 Å². The molecule has 1 heterocycles. The summed E-state index contributed by atoms with van der Waals surface area (Å²) in [5.41, 5.74) is 0. The maximum atomic E-state index is 11.6. The van der Waals surface area contributed by atoms with Crippen molar-refractivity contribution in [2.24, 2.45) is 0 Å². The summed E-state index contributed by atoms with van der Waals surface area (Å²) in [5, 5.41) is 5.28. The third kappa shape index (κ3) is 4.00. The lowest BCUT2D eigenvalue weighted by Gasteiger charge is -2.14. The largest absolute Gasteiger partial charge is 0.335 e. The molecule has 5 nitrogen and oxygen atoms in total. The Morgan fingerprint density at radius 2 is 1.71 bits per heavy atom. The van der Waals surface area contributed by atoms with Crippen LogP contribution in [0.4, 0.5) is 4.79 Å². The first-order chi connectivity index (χ1) is 8.24. The van der Waals surface area contributed by atoms with Gasteiger partial charge in [0.1, 0.15) is 0 Å². The van der Waals surface area contributed by atoms with E-state index in [0.29, 0.717) is 6.54 Å². The van der Waals surface area contributed by atoms with Crippen LogP contribution in [0.1, 0.15) is 38.5 Å². The molecule has 1 saturated heterocycles. The van der Waals surface area contributed by atoms with E-state index < -0.39 is 0 Å². The SMILES string of the molecule is O=C(C[NH+]1CCCC1)NC(=O)NC1CCCC1. The third-order valence-corrected chi connectivity index (χ3v) is 3.66. The zero-order valence-corrected chi connectivity index (χ0v) is 10.3. The van der Waals surface area contributed by atoms with Crippen LogP contribution in [0.25, 0.3) is 0 Å². The Labute approximate surface area is 102 Å². The van der Waals surface area contributed by atoms with Gasteiger partial charge in [-0.1, -0.05) is 12.8 Å². The highest BCUT2D eigenvalue weighted by Crippen LogP contribution is 2.17.